The number of ether oxygens (including phenoxy) is 6. The maximum Gasteiger partial charge on any atom is 0.356 e. The van der Waals surface area contributed by atoms with Gasteiger partial charge in [0.05, 0.1) is 54.0 Å². The number of hydrogen-bond donors (Lipinski definition) is 0. The smallest absolute Gasteiger partial charge is 0.356 e. The van der Waals surface area contributed by atoms with Crippen molar-refractivity contribution in [3.63, 3.8) is 0 Å². The lowest BCUT2D eigenvalue weighted by Crippen LogP contribution is -2.38. The van der Waals surface area contributed by atoms with Crippen molar-refractivity contribution in [2.75, 3.05) is 41.7 Å². The van der Waals surface area contributed by atoms with Crippen LogP contribution in [0.1, 0.15) is 46.7 Å². The lowest BCUT2D eigenvalue weighted by atomic mass is 9.82. The highest BCUT2D eigenvalue weighted by Gasteiger charge is 2.46. The van der Waals surface area contributed by atoms with Gasteiger partial charge in [-0.1, -0.05) is 0 Å². The zero-order valence-corrected chi connectivity index (χ0v) is 22.4. The standard InChI is InChI=1S/2C13H15F2NO4/c2*1-18-10-3-9(12(17)19-2)16-6-11(10)20-7-8-4-13(14,15)5-8/h2*3,6,8H,4-5,7H2,1-2H3. The van der Waals surface area contributed by atoms with Crippen LogP contribution in [0.4, 0.5) is 17.6 Å². The number of carbonyl (C=O) groups excluding carboxylic acids is 2. The summed E-state index contributed by atoms with van der Waals surface area (Å²) in [5.41, 5.74) is 0.179. The van der Waals surface area contributed by atoms with Crippen molar-refractivity contribution in [3.05, 3.63) is 35.9 Å². The largest absolute Gasteiger partial charge is 0.493 e. The number of pyridine rings is 2. The molecule has 0 saturated heterocycles. The predicted octanol–water partition coefficient (Wildman–Crippen LogP) is 4.60. The van der Waals surface area contributed by atoms with Crippen molar-refractivity contribution in [2.24, 2.45) is 11.8 Å². The highest BCUT2D eigenvalue weighted by atomic mass is 19.3. The van der Waals surface area contributed by atoms with Crippen LogP contribution >= 0.6 is 0 Å². The summed E-state index contributed by atoms with van der Waals surface area (Å²) in [5.74, 6) is -5.40. The number of esters is 2. The minimum atomic E-state index is -2.56. The highest BCUT2D eigenvalue weighted by Crippen LogP contribution is 2.43. The van der Waals surface area contributed by atoms with Gasteiger partial charge in [-0.05, 0) is 0 Å². The lowest BCUT2D eigenvalue weighted by molar-refractivity contribution is -0.119. The van der Waals surface area contributed by atoms with Gasteiger partial charge in [-0.25, -0.2) is 37.1 Å². The molecular weight excluding hydrogens is 544 g/mol. The van der Waals surface area contributed by atoms with Crippen molar-refractivity contribution in [3.8, 4) is 23.0 Å². The zero-order chi connectivity index (χ0) is 29.5. The topological polar surface area (TPSA) is 115 Å². The fourth-order valence-electron chi connectivity index (χ4n) is 4.04. The Hall–Kier alpha value is -3.84. The van der Waals surface area contributed by atoms with E-state index in [1.165, 1.54) is 53.0 Å². The average molecular weight is 575 g/mol. The molecule has 0 aromatic carbocycles. The molecule has 2 fully saturated rings. The summed E-state index contributed by atoms with van der Waals surface area (Å²) < 4.78 is 80.9. The quantitative estimate of drug-likeness (QED) is 0.295. The summed E-state index contributed by atoms with van der Waals surface area (Å²) in [7, 11) is 5.33. The normalized spacial score (nSPS) is 17.2. The second kappa shape index (κ2) is 13.0. The molecule has 2 aromatic rings. The van der Waals surface area contributed by atoms with Gasteiger partial charge in [0.15, 0.2) is 34.4 Å². The summed E-state index contributed by atoms with van der Waals surface area (Å²) >= 11 is 0. The van der Waals surface area contributed by atoms with Crippen LogP contribution in [0.3, 0.4) is 0 Å². The first-order valence-electron chi connectivity index (χ1n) is 12.2. The van der Waals surface area contributed by atoms with Gasteiger partial charge in [-0.2, -0.15) is 0 Å². The third kappa shape index (κ3) is 8.09. The van der Waals surface area contributed by atoms with Crippen molar-refractivity contribution in [1.29, 1.82) is 0 Å². The molecule has 0 aliphatic heterocycles. The van der Waals surface area contributed by atoms with E-state index in [4.69, 9.17) is 18.9 Å². The summed E-state index contributed by atoms with van der Waals surface area (Å²) in [6.45, 7) is 0.344. The third-order valence-corrected chi connectivity index (χ3v) is 6.19. The number of halogens is 4. The van der Waals surface area contributed by atoms with Gasteiger partial charge in [0, 0.05) is 49.7 Å². The molecule has 40 heavy (non-hydrogen) atoms. The van der Waals surface area contributed by atoms with E-state index in [1.54, 1.807) is 0 Å². The zero-order valence-electron chi connectivity index (χ0n) is 22.4. The molecule has 220 valence electrons. The number of rotatable bonds is 10. The maximum atomic E-state index is 12.7. The van der Waals surface area contributed by atoms with E-state index in [-0.39, 0.29) is 62.1 Å². The Morgan fingerprint density at radius 3 is 1.32 bits per heavy atom. The number of nitrogens with zero attached hydrogens (tertiary/aromatic N) is 2. The van der Waals surface area contributed by atoms with Crippen LogP contribution in [0, 0.1) is 11.8 Å². The molecular formula is C26H30F4N2O8. The Morgan fingerprint density at radius 1 is 0.700 bits per heavy atom. The Kier molecular flexibility index (Phi) is 9.98. The van der Waals surface area contributed by atoms with Crippen LogP contribution in [-0.2, 0) is 9.47 Å². The molecule has 4 rings (SSSR count). The molecule has 2 heterocycles. The second-order valence-corrected chi connectivity index (χ2v) is 9.31. The van der Waals surface area contributed by atoms with Crippen LogP contribution in [0.5, 0.6) is 23.0 Å². The van der Waals surface area contributed by atoms with Gasteiger partial charge in [-0.15, -0.1) is 0 Å². The molecule has 0 atom stereocenters. The molecule has 2 saturated carbocycles. The molecule has 2 aromatic heterocycles. The molecule has 10 nitrogen and oxygen atoms in total. The number of hydrogen-bond acceptors (Lipinski definition) is 10. The predicted molar refractivity (Wildman–Crippen MR) is 131 cm³/mol. The first-order valence-corrected chi connectivity index (χ1v) is 12.2. The molecule has 0 spiro atoms. The monoisotopic (exact) mass is 574 g/mol. The molecule has 0 amide bonds. The summed E-state index contributed by atoms with van der Waals surface area (Å²) in [4.78, 5) is 30.4. The minimum absolute atomic E-state index is 0.0897. The minimum Gasteiger partial charge on any atom is -0.493 e. The molecule has 14 heteroatoms. The van der Waals surface area contributed by atoms with Crippen LogP contribution in [0.2, 0.25) is 0 Å². The van der Waals surface area contributed by atoms with Crippen LogP contribution in [0.25, 0.3) is 0 Å². The van der Waals surface area contributed by atoms with E-state index in [1.807, 2.05) is 0 Å². The van der Waals surface area contributed by atoms with Gasteiger partial charge < -0.3 is 28.4 Å². The van der Waals surface area contributed by atoms with Crippen molar-refractivity contribution in [1.82, 2.24) is 9.97 Å². The summed E-state index contributed by atoms with van der Waals surface area (Å²) in [6.07, 6.45) is 1.99. The van der Waals surface area contributed by atoms with Gasteiger partial charge >= 0.3 is 11.9 Å². The maximum absolute atomic E-state index is 12.7. The first-order chi connectivity index (χ1) is 18.9. The number of carbonyl (C=O) groups is 2. The fraction of sp³-hybridized carbons (Fsp3) is 0.538. The lowest BCUT2D eigenvalue weighted by Gasteiger charge is -2.34. The van der Waals surface area contributed by atoms with Crippen LogP contribution in [-0.4, -0.2) is 75.4 Å². The highest BCUT2D eigenvalue weighted by molar-refractivity contribution is 5.88. The van der Waals surface area contributed by atoms with E-state index in [0.29, 0.717) is 23.0 Å². The molecule has 0 unspecified atom stereocenters. The van der Waals surface area contributed by atoms with Gasteiger partial charge in [0.2, 0.25) is 11.8 Å². The summed E-state index contributed by atoms with van der Waals surface area (Å²) in [5, 5.41) is 0. The third-order valence-electron chi connectivity index (χ3n) is 6.19. The second-order valence-electron chi connectivity index (χ2n) is 9.31. The first kappa shape index (κ1) is 30.7. The van der Waals surface area contributed by atoms with E-state index in [0.717, 1.165) is 0 Å². The Morgan fingerprint density at radius 2 is 1.05 bits per heavy atom. The SMILES string of the molecule is COC(=O)c1cc(OC)c(OCC2CC(F)(F)C2)cn1.COC(=O)c1cc(OC)c(OCC2CC(F)(F)C2)cn1. The van der Waals surface area contributed by atoms with E-state index >= 15 is 0 Å². The molecule has 0 bridgehead atoms. The molecule has 2 aliphatic rings. The Bertz CT molecular complexity index is 1090. The van der Waals surface area contributed by atoms with E-state index < -0.39 is 23.8 Å². The molecule has 0 radical (unpaired) electrons. The Balaban J connectivity index is 0.000000220. The van der Waals surface area contributed by atoms with Crippen LogP contribution in [0.15, 0.2) is 24.5 Å². The van der Waals surface area contributed by atoms with Gasteiger partial charge in [0.1, 0.15) is 0 Å². The van der Waals surface area contributed by atoms with Crippen molar-refractivity contribution in [2.45, 2.75) is 37.5 Å². The number of methoxy groups -OCH3 is 4. The van der Waals surface area contributed by atoms with E-state index in [9.17, 15) is 27.2 Å². The average Bonchev–Trinajstić information content (AvgIpc) is 2.91. The van der Waals surface area contributed by atoms with Gasteiger partial charge in [-0.3, -0.25) is 0 Å². The number of alkyl halides is 4. The van der Waals surface area contributed by atoms with Crippen molar-refractivity contribution < 1.29 is 55.6 Å². The van der Waals surface area contributed by atoms with E-state index in [2.05, 4.69) is 19.4 Å². The Labute approximate surface area is 227 Å². The number of aromatic nitrogens is 2. The van der Waals surface area contributed by atoms with Crippen LogP contribution < -0.4 is 18.9 Å². The molecule has 2 aliphatic carbocycles. The summed E-state index contributed by atoms with van der Waals surface area (Å²) in [6, 6.07) is 2.77. The van der Waals surface area contributed by atoms with Gasteiger partial charge in [0.25, 0.3) is 0 Å². The fourth-order valence-corrected chi connectivity index (χ4v) is 4.04. The van der Waals surface area contributed by atoms with Crippen molar-refractivity contribution >= 4 is 11.9 Å². The molecule has 0 N–H and O–H groups in total.